The average molecular weight is 452 g/mol. The van der Waals surface area contributed by atoms with Crippen LogP contribution in [0.3, 0.4) is 0 Å². The lowest BCUT2D eigenvalue weighted by Crippen LogP contribution is -2.45. The average Bonchev–Trinajstić information content (AvgIpc) is 3.43. The van der Waals surface area contributed by atoms with E-state index in [1.165, 1.54) is 23.5 Å². The van der Waals surface area contributed by atoms with E-state index in [1.807, 2.05) is 15.5 Å². The summed E-state index contributed by atoms with van der Waals surface area (Å²) < 4.78 is 10.4. The number of benzene rings is 1. The first-order valence-corrected chi connectivity index (χ1v) is 11.8. The predicted octanol–water partition coefficient (Wildman–Crippen LogP) is 1.21. The number of hydrogen-bond donors (Lipinski definition) is 2. The van der Waals surface area contributed by atoms with Gasteiger partial charge in [-0.1, -0.05) is 6.07 Å². The minimum absolute atomic E-state index is 0.0248. The van der Waals surface area contributed by atoms with Crippen molar-refractivity contribution in [3.8, 4) is 0 Å². The molecule has 3 aliphatic heterocycles. The van der Waals surface area contributed by atoms with Crippen molar-refractivity contribution in [2.24, 2.45) is 0 Å². The molecule has 2 unspecified atom stereocenters. The molecule has 1 fully saturated rings. The maximum absolute atomic E-state index is 12.6. The summed E-state index contributed by atoms with van der Waals surface area (Å²) in [5.41, 5.74) is 3.82. The lowest BCUT2D eigenvalue weighted by Gasteiger charge is -2.34. The standard InChI is InChI=1S/C22H25N7O2S/c30-20-4-3-18-22-28(20)13-16(29(22)21(31)11-24-18)12-27-7-5-15(6-8-27)23-10-14-1-2-17-19(9-14)26-32-25-17/h1-4,9,11,15-16,20,23,30H,5-8,10,12-13H2. The predicted molar refractivity (Wildman–Crippen MR) is 124 cm³/mol. The molecule has 166 valence electrons. The van der Waals surface area contributed by atoms with E-state index in [-0.39, 0.29) is 11.6 Å². The van der Waals surface area contributed by atoms with E-state index in [0.717, 1.165) is 61.6 Å². The minimum atomic E-state index is -0.698. The molecule has 0 bridgehead atoms. The van der Waals surface area contributed by atoms with Crippen LogP contribution in [0.25, 0.3) is 17.1 Å². The van der Waals surface area contributed by atoms with E-state index in [0.29, 0.717) is 12.6 Å². The normalized spacial score (nSPS) is 23.2. The molecule has 9 nitrogen and oxygen atoms in total. The van der Waals surface area contributed by atoms with Gasteiger partial charge in [-0.15, -0.1) is 0 Å². The molecule has 6 rings (SSSR count). The third kappa shape index (κ3) is 3.53. The number of nitrogens with zero attached hydrogens (tertiary/aromatic N) is 6. The van der Waals surface area contributed by atoms with Crippen LogP contribution in [0.2, 0.25) is 0 Å². The Kier molecular flexibility index (Phi) is 5.02. The molecule has 0 radical (unpaired) electrons. The monoisotopic (exact) mass is 451 g/mol. The molecule has 10 heteroatoms. The number of aliphatic hydroxyl groups excluding tert-OH is 1. The van der Waals surface area contributed by atoms with Gasteiger partial charge in [-0.2, -0.15) is 8.75 Å². The number of likely N-dealkylation sites (tertiary alicyclic amines) is 1. The Labute approximate surface area is 189 Å². The fraction of sp³-hybridized carbons (Fsp3) is 0.455. The number of fused-ring (bicyclic) bond motifs is 1. The van der Waals surface area contributed by atoms with Gasteiger partial charge in [0.1, 0.15) is 28.8 Å². The van der Waals surface area contributed by atoms with Gasteiger partial charge in [0.25, 0.3) is 5.56 Å². The van der Waals surface area contributed by atoms with Crippen molar-refractivity contribution in [2.75, 3.05) is 31.1 Å². The minimum Gasteiger partial charge on any atom is -0.370 e. The molecular weight excluding hydrogens is 426 g/mol. The summed E-state index contributed by atoms with van der Waals surface area (Å²) in [5.74, 6) is 0.751. The molecular formula is C22H25N7O2S. The van der Waals surface area contributed by atoms with Gasteiger partial charge < -0.3 is 20.2 Å². The smallest absolute Gasteiger partial charge is 0.270 e. The number of aliphatic hydroxyl groups is 1. The van der Waals surface area contributed by atoms with E-state index in [9.17, 15) is 9.90 Å². The highest BCUT2D eigenvalue weighted by atomic mass is 32.1. The van der Waals surface area contributed by atoms with E-state index in [2.05, 4.69) is 36.1 Å². The first-order chi connectivity index (χ1) is 15.7. The van der Waals surface area contributed by atoms with Gasteiger partial charge in [-0.3, -0.25) is 9.36 Å². The molecule has 2 aromatic heterocycles. The van der Waals surface area contributed by atoms with E-state index in [1.54, 1.807) is 12.2 Å². The second kappa shape index (κ2) is 8.04. The van der Waals surface area contributed by atoms with Crippen molar-refractivity contribution in [2.45, 2.75) is 37.7 Å². The highest BCUT2D eigenvalue weighted by Gasteiger charge is 2.37. The Morgan fingerprint density at radius 2 is 2.03 bits per heavy atom. The maximum atomic E-state index is 12.6. The molecule has 2 atom stereocenters. The molecule has 0 saturated carbocycles. The van der Waals surface area contributed by atoms with Crippen molar-refractivity contribution in [1.82, 2.24) is 28.5 Å². The lowest BCUT2D eigenvalue weighted by molar-refractivity contribution is 0.172. The first-order valence-electron chi connectivity index (χ1n) is 11.1. The molecule has 3 aromatic rings. The van der Waals surface area contributed by atoms with E-state index < -0.39 is 6.23 Å². The maximum Gasteiger partial charge on any atom is 0.270 e. The number of rotatable bonds is 5. The van der Waals surface area contributed by atoms with Gasteiger partial charge in [-0.05, 0) is 55.8 Å². The van der Waals surface area contributed by atoms with Crippen LogP contribution in [0.4, 0.5) is 5.82 Å². The van der Waals surface area contributed by atoms with Crippen molar-refractivity contribution < 1.29 is 5.11 Å². The number of aromatic nitrogens is 4. The van der Waals surface area contributed by atoms with Gasteiger partial charge in [0.05, 0.1) is 24.0 Å². The van der Waals surface area contributed by atoms with Crippen molar-refractivity contribution >= 4 is 34.7 Å². The third-order valence-corrected chi connectivity index (χ3v) is 7.33. The Hall–Kier alpha value is -2.66. The van der Waals surface area contributed by atoms with E-state index >= 15 is 0 Å². The van der Waals surface area contributed by atoms with Crippen LogP contribution in [0, 0.1) is 0 Å². The molecule has 0 spiro atoms. The molecule has 5 heterocycles. The Morgan fingerprint density at radius 3 is 2.91 bits per heavy atom. The van der Waals surface area contributed by atoms with E-state index in [4.69, 9.17) is 0 Å². The summed E-state index contributed by atoms with van der Waals surface area (Å²) in [4.78, 5) is 21.2. The lowest BCUT2D eigenvalue weighted by atomic mass is 10.0. The summed E-state index contributed by atoms with van der Waals surface area (Å²) in [7, 11) is 0. The van der Waals surface area contributed by atoms with Crippen LogP contribution < -0.4 is 15.8 Å². The summed E-state index contributed by atoms with van der Waals surface area (Å²) in [6.07, 6.45) is 6.37. The van der Waals surface area contributed by atoms with Crippen LogP contribution in [-0.4, -0.2) is 66.8 Å². The van der Waals surface area contributed by atoms with Crippen molar-refractivity contribution in [3.05, 3.63) is 52.1 Å². The zero-order valence-electron chi connectivity index (χ0n) is 17.6. The van der Waals surface area contributed by atoms with Gasteiger partial charge in [-0.25, -0.2) is 4.98 Å². The van der Waals surface area contributed by atoms with Crippen LogP contribution in [0.15, 0.2) is 35.3 Å². The largest absolute Gasteiger partial charge is 0.370 e. The van der Waals surface area contributed by atoms with Gasteiger partial charge in [0, 0.05) is 25.7 Å². The molecule has 1 saturated heterocycles. The van der Waals surface area contributed by atoms with Crippen LogP contribution in [0.1, 0.15) is 30.1 Å². The zero-order valence-corrected chi connectivity index (χ0v) is 18.4. The SMILES string of the molecule is O=c1cnc2c3n1C(CN1CCC(NCc4ccc5nsnc5c4)CC1)CN3C(O)C=C2. The van der Waals surface area contributed by atoms with Crippen molar-refractivity contribution in [1.29, 1.82) is 0 Å². The summed E-state index contributed by atoms with van der Waals surface area (Å²) >= 11 is 1.25. The summed E-state index contributed by atoms with van der Waals surface area (Å²) in [6, 6.07) is 6.77. The number of anilines is 1. The summed E-state index contributed by atoms with van der Waals surface area (Å²) in [5, 5.41) is 14.1. The molecule has 2 N–H and O–H groups in total. The first kappa shape index (κ1) is 20.0. The molecule has 0 aliphatic carbocycles. The molecule has 32 heavy (non-hydrogen) atoms. The Bertz CT molecular complexity index is 1230. The number of nitrogens with one attached hydrogen (secondary N) is 1. The second-order valence-electron chi connectivity index (χ2n) is 8.80. The quantitative estimate of drug-likeness (QED) is 0.597. The van der Waals surface area contributed by atoms with Crippen LogP contribution in [-0.2, 0) is 6.54 Å². The Morgan fingerprint density at radius 1 is 1.19 bits per heavy atom. The summed E-state index contributed by atoms with van der Waals surface area (Å²) in [6.45, 7) is 4.25. The molecule has 0 amide bonds. The van der Waals surface area contributed by atoms with Crippen molar-refractivity contribution in [3.63, 3.8) is 0 Å². The fourth-order valence-corrected chi connectivity index (χ4v) is 5.61. The van der Waals surface area contributed by atoms with Crippen LogP contribution >= 0.6 is 11.7 Å². The van der Waals surface area contributed by atoms with Gasteiger partial charge in [0.15, 0.2) is 0 Å². The molecule has 3 aliphatic rings. The van der Waals surface area contributed by atoms with Gasteiger partial charge >= 0.3 is 0 Å². The van der Waals surface area contributed by atoms with Crippen LogP contribution in [0.5, 0.6) is 0 Å². The Balaban J connectivity index is 1.06. The third-order valence-electron chi connectivity index (χ3n) is 6.77. The highest BCUT2D eigenvalue weighted by molar-refractivity contribution is 7.00. The topological polar surface area (TPSA) is 99.4 Å². The zero-order chi connectivity index (χ0) is 21.7. The molecule has 1 aromatic carbocycles. The fourth-order valence-electron chi connectivity index (χ4n) is 5.09. The number of piperidine rings is 1. The highest BCUT2D eigenvalue weighted by Crippen LogP contribution is 2.35. The number of hydrogen-bond acceptors (Lipinski definition) is 9. The van der Waals surface area contributed by atoms with Gasteiger partial charge in [0.2, 0.25) is 0 Å². The second-order valence-corrected chi connectivity index (χ2v) is 9.33.